The highest BCUT2D eigenvalue weighted by molar-refractivity contribution is 14.1. The van der Waals surface area contributed by atoms with Crippen LogP contribution in [0.5, 0.6) is 0 Å². The van der Waals surface area contributed by atoms with E-state index in [0.717, 1.165) is 28.7 Å². The van der Waals surface area contributed by atoms with Crippen LogP contribution in [0.1, 0.15) is 47.5 Å². The number of allylic oxidation sites excluding steroid dienone is 3. The Morgan fingerprint density at radius 1 is 1.21 bits per heavy atom. The van der Waals surface area contributed by atoms with E-state index in [4.69, 9.17) is 19.8 Å². The Kier molecular flexibility index (Phi) is 10.5. The Morgan fingerprint density at radius 2 is 1.79 bits per heavy atom. The summed E-state index contributed by atoms with van der Waals surface area (Å²) in [6.07, 6.45) is 8.61. The van der Waals surface area contributed by atoms with Crippen LogP contribution in [0.2, 0.25) is 0 Å². The molecule has 2 heterocycles. The van der Waals surface area contributed by atoms with E-state index in [9.17, 15) is 9.59 Å². The lowest BCUT2D eigenvalue weighted by molar-refractivity contribution is 0.0175. The zero-order valence-electron chi connectivity index (χ0n) is 17.6. The lowest BCUT2D eigenvalue weighted by Crippen LogP contribution is -2.54. The van der Waals surface area contributed by atoms with E-state index in [1.54, 1.807) is 15.9 Å². The minimum Gasteiger partial charge on any atom is -0.444 e. The number of nitrogens with one attached hydrogen (secondary N) is 1. The second-order valence-electron chi connectivity index (χ2n) is 7.52. The summed E-state index contributed by atoms with van der Waals surface area (Å²) in [4.78, 5) is 28.2. The Labute approximate surface area is 192 Å². The number of nitrogens with zero attached hydrogens (tertiary/aromatic N) is 2. The third kappa shape index (κ3) is 7.49. The number of halogens is 2. The molecule has 3 rings (SSSR count). The summed E-state index contributed by atoms with van der Waals surface area (Å²) in [6.45, 7) is 10.7. The van der Waals surface area contributed by atoms with Crippen LogP contribution in [0.4, 0.5) is 9.59 Å². The van der Waals surface area contributed by atoms with Gasteiger partial charge in [0.25, 0.3) is 0 Å². The highest BCUT2D eigenvalue weighted by atomic mass is 127. The largest absolute Gasteiger partial charge is 0.444 e. The fraction of sp³-hybridized carbons (Fsp3) is 0.600. The van der Waals surface area contributed by atoms with Crippen LogP contribution < -0.4 is 5.32 Å². The van der Waals surface area contributed by atoms with E-state index in [1.165, 1.54) is 0 Å². The molecule has 1 saturated heterocycles. The van der Waals surface area contributed by atoms with Gasteiger partial charge in [0.15, 0.2) is 0 Å². The highest BCUT2D eigenvalue weighted by Crippen LogP contribution is 2.27. The molecule has 29 heavy (non-hydrogen) atoms. The molecule has 0 radical (unpaired) electrons. The molecule has 1 atom stereocenters. The van der Waals surface area contributed by atoms with E-state index >= 15 is 0 Å². The molecule has 9 heteroatoms. The second-order valence-corrected chi connectivity index (χ2v) is 7.96. The first-order valence-electron chi connectivity index (χ1n) is 9.75. The molecule has 0 aromatic rings. The molecule has 2 bridgehead atoms. The number of hydrogen-bond acceptors (Lipinski definition) is 4. The first-order chi connectivity index (χ1) is 13.7. The van der Waals surface area contributed by atoms with Gasteiger partial charge in [-0.1, -0.05) is 25.4 Å². The number of carbonyl (C=O) groups excluding carboxylic acids is 2. The summed E-state index contributed by atoms with van der Waals surface area (Å²) in [7, 11) is 0. The monoisotopic (exact) mass is 539 g/mol. The van der Waals surface area contributed by atoms with Gasteiger partial charge in [-0.25, -0.2) is 9.59 Å². The van der Waals surface area contributed by atoms with Gasteiger partial charge in [0, 0.05) is 29.9 Å². The molecule has 0 spiro atoms. The maximum atomic E-state index is 12.5. The molecule has 1 fully saturated rings. The normalized spacial score (nSPS) is 21.4. The third-order valence-electron chi connectivity index (χ3n) is 4.37. The average molecular weight is 540 g/mol. The molecule has 1 aliphatic carbocycles. The average Bonchev–Trinajstić information content (AvgIpc) is 2.82. The van der Waals surface area contributed by atoms with Gasteiger partial charge in [0.1, 0.15) is 28.6 Å². The molecule has 164 valence electrons. The fourth-order valence-corrected chi connectivity index (χ4v) is 3.46. The van der Waals surface area contributed by atoms with Crippen molar-refractivity contribution in [3.05, 3.63) is 35.0 Å². The van der Waals surface area contributed by atoms with Crippen LogP contribution >= 0.6 is 34.6 Å². The van der Waals surface area contributed by atoms with Gasteiger partial charge in [-0.05, 0) is 57.9 Å². The SMILES string of the molecule is CC.CC(C)(C)OC(=O)N1CCC(N2C(=O)NC3C=C(Cl)C=CC2=C3)CC1.OI. The predicted octanol–water partition coefficient (Wildman–Crippen LogP) is 4.71. The third-order valence-corrected chi connectivity index (χ3v) is 4.62. The van der Waals surface area contributed by atoms with E-state index in [1.807, 2.05) is 52.8 Å². The van der Waals surface area contributed by atoms with Gasteiger partial charge in [-0.2, -0.15) is 0 Å². The van der Waals surface area contributed by atoms with Crippen molar-refractivity contribution < 1.29 is 17.8 Å². The molecule has 0 aromatic carbocycles. The van der Waals surface area contributed by atoms with Crippen molar-refractivity contribution in [3.8, 4) is 0 Å². The van der Waals surface area contributed by atoms with Crippen LogP contribution in [-0.4, -0.2) is 56.1 Å². The molecular formula is C20H31ClIN3O4. The molecule has 2 aliphatic heterocycles. The molecule has 3 amide bonds. The second kappa shape index (κ2) is 11.8. The number of hydrogen-bond donors (Lipinski definition) is 2. The summed E-state index contributed by atoms with van der Waals surface area (Å²) in [5.74, 6) is 0. The summed E-state index contributed by atoms with van der Waals surface area (Å²) >= 11 is 7.24. The van der Waals surface area contributed by atoms with Gasteiger partial charge in [-0.3, -0.25) is 4.90 Å². The summed E-state index contributed by atoms with van der Waals surface area (Å²) in [5.41, 5.74) is 0.356. The number of likely N-dealkylation sites (tertiary alicyclic amines) is 1. The zero-order chi connectivity index (χ0) is 22.2. The van der Waals surface area contributed by atoms with Crippen molar-refractivity contribution >= 4 is 46.7 Å². The minimum atomic E-state index is -0.502. The first kappa shape index (κ1) is 25.8. The minimum absolute atomic E-state index is 0.0485. The van der Waals surface area contributed by atoms with Crippen LogP contribution in [0.25, 0.3) is 0 Å². The van der Waals surface area contributed by atoms with E-state index in [2.05, 4.69) is 5.32 Å². The van der Waals surface area contributed by atoms with Gasteiger partial charge in [0.05, 0.1) is 6.04 Å². The summed E-state index contributed by atoms with van der Waals surface area (Å²) in [5, 5.41) is 3.54. The van der Waals surface area contributed by atoms with Crippen LogP contribution in [0, 0.1) is 0 Å². The van der Waals surface area contributed by atoms with Gasteiger partial charge >= 0.3 is 12.1 Å². The number of ether oxygens (including phenoxy) is 1. The lowest BCUT2D eigenvalue weighted by Gasteiger charge is -2.41. The van der Waals surface area contributed by atoms with Crippen LogP contribution in [0.15, 0.2) is 35.0 Å². The van der Waals surface area contributed by atoms with Crippen LogP contribution in [0.3, 0.4) is 0 Å². The molecule has 0 saturated carbocycles. The van der Waals surface area contributed by atoms with Crippen molar-refractivity contribution in [1.82, 2.24) is 15.1 Å². The Bertz CT molecular complexity index is 665. The van der Waals surface area contributed by atoms with Gasteiger partial charge in [0.2, 0.25) is 0 Å². The molecule has 2 N–H and O–H groups in total. The van der Waals surface area contributed by atoms with Gasteiger partial charge < -0.3 is 18.4 Å². The quantitative estimate of drug-likeness (QED) is 0.473. The van der Waals surface area contributed by atoms with Crippen molar-refractivity contribution in [2.45, 2.75) is 65.1 Å². The zero-order valence-corrected chi connectivity index (χ0v) is 20.5. The lowest BCUT2D eigenvalue weighted by atomic mass is 10.0. The smallest absolute Gasteiger partial charge is 0.410 e. The number of rotatable bonds is 1. The predicted molar refractivity (Wildman–Crippen MR) is 124 cm³/mol. The first-order valence-corrected chi connectivity index (χ1v) is 11.1. The highest BCUT2D eigenvalue weighted by Gasteiger charge is 2.35. The standard InChI is InChI=1S/C18H24ClN3O3.C2H6.HIO/c1-18(2,3)25-17(24)21-8-6-14(7-9-21)22-15-5-4-12(19)10-13(11-15)20-16(22)23;2*1-2/h4-5,10-11,13-14H,6-9H2,1-3H3,(H,20,23);1-2H3;2H. The maximum Gasteiger partial charge on any atom is 0.410 e. The molecule has 7 nitrogen and oxygen atoms in total. The van der Waals surface area contributed by atoms with Crippen molar-refractivity contribution in [2.75, 3.05) is 13.1 Å². The number of fused-ring (bicyclic) bond motifs is 1. The van der Waals surface area contributed by atoms with E-state index in [-0.39, 0.29) is 24.2 Å². The molecule has 3 aliphatic rings. The summed E-state index contributed by atoms with van der Waals surface area (Å²) < 4.78 is 12.4. The molecular weight excluding hydrogens is 509 g/mol. The maximum absolute atomic E-state index is 12.5. The van der Waals surface area contributed by atoms with Crippen LogP contribution in [-0.2, 0) is 4.74 Å². The Hall–Kier alpha value is -1.26. The number of carbonyl (C=O) groups is 2. The number of piperidine rings is 1. The number of amides is 3. The van der Waals surface area contributed by atoms with Crippen molar-refractivity contribution in [1.29, 1.82) is 0 Å². The Morgan fingerprint density at radius 3 is 2.34 bits per heavy atom. The fourth-order valence-electron chi connectivity index (χ4n) is 3.26. The van der Waals surface area contributed by atoms with Crippen molar-refractivity contribution in [3.63, 3.8) is 0 Å². The van der Waals surface area contributed by atoms with Gasteiger partial charge in [-0.15, -0.1) is 0 Å². The van der Waals surface area contributed by atoms with Crippen molar-refractivity contribution in [2.24, 2.45) is 0 Å². The summed E-state index contributed by atoms with van der Waals surface area (Å²) in [6, 6.07) is -0.249. The number of urea groups is 1. The van der Waals surface area contributed by atoms with E-state index < -0.39 is 5.60 Å². The molecule has 1 unspecified atom stereocenters. The Balaban J connectivity index is 0.000000989. The molecule has 0 aromatic heterocycles. The topological polar surface area (TPSA) is 82.1 Å². The van der Waals surface area contributed by atoms with E-state index in [0.29, 0.717) is 31.0 Å².